The molecule has 0 saturated heterocycles. The van der Waals surface area contributed by atoms with Crippen molar-refractivity contribution in [2.75, 3.05) is 12.4 Å². The molecule has 0 atom stereocenters. The first-order chi connectivity index (χ1) is 8.63. The quantitative estimate of drug-likeness (QED) is 0.650. The minimum atomic E-state index is -0.211. The van der Waals surface area contributed by atoms with Crippen LogP contribution in [-0.4, -0.2) is 17.5 Å². The Hall–Kier alpha value is -0.980. The number of halogens is 1. The molecule has 98 valence electrons. The fourth-order valence-electron chi connectivity index (χ4n) is 1.38. The van der Waals surface area contributed by atoms with Gasteiger partial charge in [0.2, 0.25) is 0 Å². The van der Waals surface area contributed by atoms with Crippen LogP contribution in [-0.2, 0) is 5.75 Å². The van der Waals surface area contributed by atoms with Gasteiger partial charge in [-0.25, -0.2) is 4.39 Å². The monoisotopic (exact) mass is 266 g/mol. The van der Waals surface area contributed by atoms with Gasteiger partial charge >= 0.3 is 0 Å². The Labute approximate surface area is 113 Å². The van der Waals surface area contributed by atoms with Gasteiger partial charge in [0, 0.05) is 11.3 Å². The van der Waals surface area contributed by atoms with Gasteiger partial charge in [0.15, 0.2) is 0 Å². The minimum Gasteiger partial charge on any atom is -0.384 e. The van der Waals surface area contributed by atoms with Crippen LogP contribution in [0.3, 0.4) is 0 Å². The van der Waals surface area contributed by atoms with Crippen molar-refractivity contribution in [2.45, 2.75) is 26.0 Å². The molecule has 0 aromatic heterocycles. The summed E-state index contributed by atoms with van der Waals surface area (Å²) >= 11 is 1.76. The predicted molar refractivity (Wildman–Crippen MR) is 76.0 cm³/mol. The molecule has 0 fully saturated rings. The zero-order valence-corrected chi connectivity index (χ0v) is 11.7. The Morgan fingerprint density at radius 2 is 2.17 bits per heavy atom. The Balaban J connectivity index is 2.52. The first-order valence-electron chi connectivity index (χ1n) is 6.09. The molecule has 0 saturated carbocycles. The van der Waals surface area contributed by atoms with Crippen molar-refractivity contribution in [1.82, 2.24) is 0 Å². The smallest absolute Gasteiger partial charge is 0.128 e. The van der Waals surface area contributed by atoms with Crippen LogP contribution in [0.2, 0.25) is 0 Å². The molecule has 1 nitrogen and oxygen atoms in total. The fourth-order valence-corrected chi connectivity index (χ4v) is 2.62. The third-order valence-corrected chi connectivity index (χ3v) is 3.50. The van der Waals surface area contributed by atoms with E-state index in [0.29, 0.717) is 17.2 Å². The van der Waals surface area contributed by atoms with Crippen LogP contribution in [0.4, 0.5) is 4.39 Å². The van der Waals surface area contributed by atoms with Crippen LogP contribution in [0.25, 0.3) is 0 Å². The number of hydrogen-bond acceptors (Lipinski definition) is 2. The van der Waals surface area contributed by atoms with Gasteiger partial charge in [0.25, 0.3) is 0 Å². The molecular formula is C15H19FOS. The molecule has 1 aromatic rings. The number of aliphatic hydroxyl groups excluding tert-OH is 1. The number of thioether (sulfide) groups is 1. The average Bonchev–Trinajstić information content (AvgIpc) is 2.33. The molecular weight excluding hydrogens is 247 g/mol. The molecule has 0 aliphatic heterocycles. The summed E-state index contributed by atoms with van der Waals surface area (Å²) < 4.78 is 13.7. The Morgan fingerprint density at radius 1 is 1.39 bits per heavy atom. The van der Waals surface area contributed by atoms with Crippen molar-refractivity contribution in [2.24, 2.45) is 5.92 Å². The average molecular weight is 266 g/mol. The second-order valence-electron chi connectivity index (χ2n) is 4.50. The molecule has 0 radical (unpaired) electrons. The number of aliphatic hydroxyl groups is 1. The normalized spacial score (nSPS) is 10.3. The van der Waals surface area contributed by atoms with E-state index in [0.717, 1.165) is 17.7 Å². The summed E-state index contributed by atoms with van der Waals surface area (Å²) in [5.41, 5.74) is 1.33. The van der Waals surface area contributed by atoms with Gasteiger partial charge in [-0.15, -0.1) is 0 Å². The van der Waals surface area contributed by atoms with Crippen molar-refractivity contribution < 1.29 is 9.50 Å². The van der Waals surface area contributed by atoms with E-state index in [1.165, 1.54) is 6.07 Å². The van der Waals surface area contributed by atoms with Crippen LogP contribution >= 0.6 is 11.8 Å². The highest BCUT2D eigenvalue weighted by Gasteiger charge is 2.03. The van der Waals surface area contributed by atoms with Gasteiger partial charge in [-0.2, -0.15) is 11.8 Å². The van der Waals surface area contributed by atoms with Crippen LogP contribution < -0.4 is 0 Å². The fraction of sp³-hybridized carbons (Fsp3) is 0.467. The van der Waals surface area contributed by atoms with E-state index in [4.69, 9.17) is 5.11 Å². The minimum absolute atomic E-state index is 0.200. The molecule has 1 N–H and O–H groups in total. The highest BCUT2D eigenvalue weighted by Crippen LogP contribution is 2.18. The highest BCUT2D eigenvalue weighted by molar-refractivity contribution is 7.98. The zero-order valence-electron chi connectivity index (χ0n) is 10.9. The van der Waals surface area contributed by atoms with Gasteiger partial charge in [-0.3, -0.25) is 0 Å². The maximum atomic E-state index is 13.7. The Kier molecular flexibility index (Phi) is 6.85. The highest BCUT2D eigenvalue weighted by atomic mass is 32.2. The first kappa shape index (κ1) is 15.1. The third kappa shape index (κ3) is 5.57. The van der Waals surface area contributed by atoms with Crippen molar-refractivity contribution in [1.29, 1.82) is 0 Å². The summed E-state index contributed by atoms with van der Waals surface area (Å²) in [7, 11) is 0. The maximum Gasteiger partial charge on any atom is 0.128 e. The van der Waals surface area contributed by atoms with E-state index >= 15 is 0 Å². The molecule has 1 rings (SSSR count). The maximum absolute atomic E-state index is 13.7. The summed E-state index contributed by atoms with van der Waals surface area (Å²) in [6.45, 7) is 4.18. The molecule has 0 amide bonds. The van der Waals surface area contributed by atoms with E-state index < -0.39 is 0 Å². The van der Waals surface area contributed by atoms with E-state index in [-0.39, 0.29) is 12.4 Å². The van der Waals surface area contributed by atoms with Crippen molar-refractivity contribution in [3.8, 4) is 11.8 Å². The van der Waals surface area contributed by atoms with Crippen molar-refractivity contribution >= 4 is 11.8 Å². The second-order valence-corrected chi connectivity index (χ2v) is 5.61. The van der Waals surface area contributed by atoms with E-state index in [9.17, 15) is 4.39 Å². The Morgan fingerprint density at radius 3 is 2.78 bits per heavy atom. The topological polar surface area (TPSA) is 20.2 Å². The predicted octanol–water partition coefficient (Wildman–Crippen LogP) is 3.45. The number of hydrogen-bond donors (Lipinski definition) is 1. The molecule has 0 spiro atoms. The second kappa shape index (κ2) is 8.18. The van der Waals surface area contributed by atoms with Crippen LogP contribution in [0.5, 0.6) is 0 Å². The zero-order chi connectivity index (χ0) is 13.4. The summed E-state index contributed by atoms with van der Waals surface area (Å²) in [4.78, 5) is 0. The number of rotatable bonds is 5. The van der Waals surface area contributed by atoms with Crippen molar-refractivity contribution in [3.63, 3.8) is 0 Å². The summed E-state index contributed by atoms with van der Waals surface area (Å²) in [5, 5.41) is 8.57. The lowest BCUT2D eigenvalue weighted by Crippen LogP contribution is -1.93. The van der Waals surface area contributed by atoms with Gasteiger partial charge in [-0.1, -0.05) is 31.8 Å². The lowest BCUT2D eigenvalue weighted by atomic mass is 10.1. The van der Waals surface area contributed by atoms with Crippen LogP contribution in [0, 0.1) is 23.6 Å². The van der Waals surface area contributed by atoms with E-state index in [2.05, 4.69) is 25.7 Å². The molecule has 0 bridgehead atoms. The summed E-state index contributed by atoms with van der Waals surface area (Å²) in [6.07, 6.45) is 1.16. The van der Waals surface area contributed by atoms with Gasteiger partial charge in [0.05, 0.1) is 0 Å². The van der Waals surface area contributed by atoms with Gasteiger partial charge in [-0.05, 0) is 35.8 Å². The molecule has 1 aromatic carbocycles. The lowest BCUT2D eigenvalue weighted by Gasteiger charge is -2.05. The molecule has 0 aliphatic rings. The van der Waals surface area contributed by atoms with Crippen LogP contribution in [0.1, 0.15) is 31.4 Å². The van der Waals surface area contributed by atoms with Crippen LogP contribution in [0.15, 0.2) is 18.2 Å². The molecule has 18 heavy (non-hydrogen) atoms. The molecule has 3 heteroatoms. The standard InChI is InChI=1S/C15H19FOS/c1-12(2)7-9-18-11-14-6-5-13(4-3-8-17)10-15(14)16/h5-6,10,12,17H,7-9,11H2,1-2H3. The lowest BCUT2D eigenvalue weighted by molar-refractivity contribution is 0.350. The largest absolute Gasteiger partial charge is 0.384 e. The van der Waals surface area contributed by atoms with E-state index in [1.54, 1.807) is 23.9 Å². The third-order valence-electron chi connectivity index (χ3n) is 2.46. The van der Waals surface area contributed by atoms with Gasteiger partial charge < -0.3 is 5.11 Å². The summed E-state index contributed by atoms with van der Waals surface area (Å²) in [6, 6.07) is 5.00. The number of benzene rings is 1. The van der Waals surface area contributed by atoms with Crippen molar-refractivity contribution in [3.05, 3.63) is 35.1 Å². The molecule has 0 aliphatic carbocycles. The molecule has 0 heterocycles. The Bertz CT molecular complexity index is 432. The van der Waals surface area contributed by atoms with E-state index in [1.807, 2.05) is 0 Å². The first-order valence-corrected chi connectivity index (χ1v) is 7.25. The van der Waals surface area contributed by atoms with Gasteiger partial charge in [0.1, 0.15) is 12.4 Å². The molecule has 0 unspecified atom stereocenters. The SMILES string of the molecule is CC(C)CCSCc1ccc(C#CCO)cc1F. The summed E-state index contributed by atoms with van der Waals surface area (Å²) in [5.74, 6) is 7.45.